The molecule has 1 aromatic rings. The Morgan fingerprint density at radius 2 is 2.05 bits per heavy atom. The fourth-order valence-electron chi connectivity index (χ4n) is 2.30. The number of hydrogen-bond donors (Lipinski definition) is 2. The Kier molecular flexibility index (Phi) is 5.03. The normalized spacial score (nSPS) is 18.9. The number of nitrogens with two attached hydrogens (primary N) is 1. The number of aliphatic carboxylic acids is 1. The van der Waals surface area contributed by atoms with Gasteiger partial charge in [-0.25, -0.2) is 4.79 Å². The van der Waals surface area contributed by atoms with Crippen LogP contribution in [0.2, 0.25) is 0 Å². The van der Waals surface area contributed by atoms with Crippen molar-refractivity contribution in [2.45, 2.75) is 19.0 Å². The average molecular weight is 294 g/mol. The summed E-state index contributed by atoms with van der Waals surface area (Å²) in [6.07, 6.45) is 0.210. The predicted octanol–water partition coefficient (Wildman–Crippen LogP) is 0.716. The van der Waals surface area contributed by atoms with Crippen molar-refractivity contribution in [3.05, 3.63) is 35.4 Å². The SMILES string of the molecule is NCc1ccccc1CC(=O)N1CCSCC1C(=O)O. The minimum Gasteiger partial charge on any atom is -0.480 e. The molecule has 5 nitrogen and oxygen atoms in total. The third kappa shape index (κ3) is 3.32. The Hall–Kier alpha value is -1.53. The number of carboxylic acid groups (broad SMARTS) is 1. The van der Waals surface area contributed by atoms with Gasteiger partial charge in [0, 0.05) is 24.6 Å². The standard InChI is InChI=1S/C14H18N2O3S/c15-8-11-4-2-1-3-10(11)7-13(17)16-5-6-20-9-12(16)14(18)19/h1-4,12H,5-9,15H2,(H,18,19). The van der Waals surface area contributed by atoms with Crippen LogP contribution in [0.3, 0.4) is 0 Å². The summed E-state index contributed by atoms with van der Waals surface area (Å²) in [6.45, 7) is 0.868. The molecule has 1 unspecified atom stereocenters. The maximum absolute atomic E-state index is 12.4. The lowest BCUT2D eigenvalue weighted by Crippen LogP contribution is -2.50. The monoisotopic (exact) mass is 294 g/mol. The number of carbonyl (C=O) groups is 2. The number of rotatable bonds is 4. The number of thioether (sulfide) groups is 1. The summed E-state index contributed by atoms with van der Waals surface area (Å²) in [5, 5.41) is 9.20. The molecule has 1 fully saturated rings. The molecule has 0 saturated carbocycles. The second-order valence-electron chi connectivity index (χ2n) is 4.67. The van der Waals surface area contributed by atoms with Gasteiger partial charge in [0.15, 0.2) is 0 Å². The largest absolute Gasteiger partial charge is 0.480 e. The molecule has 0 aromatic heterocycles. The molecule has 1 amide bonds. The third-order valence-corrected chi connectivity index (χ3v) is 4.44. The van der Waals surface area contributed by atoms with E-state index in [9.17, 15) is 14.7 Å². The first kappa shape index (κ1) is 14.9. The van der Waals surface area contributed by atoms with E-state index in [1.54, 1.807) is 11.8 Å². The summed E-state index contributed by atoms with van der Waals surface area (Å²) in [5.74, 6) is 0.171. The van der Waals surface area contributed by atoms with Gasteiger partial charge in [-0.1, -0.05) is 24.3 Å². The van der Waals surface area contributed by atoms with Gasteiger partial charge in [0.2, 0.25) is 5.91 Å². The summed E-state index contributed by atoms with van der Waals surface area (Å²) in [4.78, 5) is 25.1. The number of nitrogens with zero attached hydrogens (tertiary/aromatic N) is 1. The van der Waals surface area contributed by atoms with Crippen molar-refractivity contribution in [1.82, 2.24) is 4.90 Å². The van der Waals surface area contributed by atoms with E-state index in [1.807, 2.05) is 24.3 Å². The Balaban J connectivity index is 2.12. The fraction of sp³-hybridized carbons (Fsp3) is 0.429. The zero-order valence-corrected chi connectivity index (χ0v) is 11.9. The summed E-state index contributed by atoms with van der Waals surface area (Å²) in [6, 6.07) is 6.79. The summed E-state index contributed by atoms with van der Waals surface area (Å²) in [7, 11) is 0. The minimum absolute atomic E-state index is 0.140. The number of hydrogen-bond acceptors (Lipinski definition) is 4. The molecule has 1 heterocycles. The first-order chi connectivity index (χ1) is 9.63. The van der Waals surface area contributed by atoms with Crippen LogP contribution in [-0.4, -0.2) is 46.0 Å². The van der Waals surface area contributed by atoms with Crippen molar-refractivity contribution in [3.8, 4) is 0 Å². The maximum atomic E-state index is 12.4. The van der Waals surface area contributed by atoms with Crippen LogP contribution in [0.5, 0.6) is 0 Å². The van der Waals surface area contributed by atoms with Gasteiger partial charge in [-0.2, -0.15) is 11.8 Å². The van der Waals surface area contributed by atoms with Gasteiger partial charge in [-0.15, -0.1) is 0 Å². The van der Waals surface area contributed by atoms with E-state index in [0.29, 0.717) is 18.8 Å². The van der Waals surface area contributed by atoms with Gasteiger partial charge in [-0.3, -0.25) is 4.79 Å². The highest BCUT2D eigenvalue weighted by Crippen LogP contribution is 2.19. The van der Waals surface area contributed by atoms with Gasteiger partial charge >= 0.3 is 5.97 Å². The predicted molar refractivity (Wildman–Crippen MR) is 78.5 cm³/mol. The van der Waals surface area contributed by atoms with Gasteiger partial charge in [0.1, 0.15) is 6.04 Å². The van der Waals surface area contributed by atoms with Crippen LogP contribution in [0.15, 0.2) is 24.3 Å². The molecule has 2 rings (SSSR count). The van der Waals surface area contributed by atoms with Gasteiger partial charge in [0.25, 0.3) is 0 Å². The first-order valence-electron chi connectivity index (χ1n) is 6.50. The number of benzene rings is 1. The zero-order chi connectivity index (χ0) is 14.5. The maximum Gasteiger partial charge on any atom is 0.327 e. The van der Waals surface area contributed by atoms with Crippen LogP contribution in [0.4, 0.5) is 0 Å². The van der Waals surface area contributed by atoms with Crippen molar-refractivity contribution in [2.75, 3.05) is 18.1 Å². The Morgan fingerprint density at radius 3 is 2.70 bits per heavy atom. The van der Waals surface area contributed by atoms with E-state index < -0.39 is 12.0 Å². The van der Waals surface area contributed by atoms with Crippen molar-refractivity contribution in [1.29, 1.82) is 0 Å². The van der Waals surface area contributed by atoms with E-state index in [1.165, 1.54) is 4.90 Å². The molecule has 0 bridgehead atoms. The van der Waals surface area contributed by atoms with Crippen LogP contribution >= 0.6 is 11.8 Å². The van der Waals surface area contributed by atoms with Crippen molar-refractivity contribution in [3.63, 3.8) is 0 Å². The fourth-order valence-corrected chi connectivity index (χ4v) is 3.34. The highest BCUT2D eigenvalue weighted by atomic mass is 32.2. The summed E-state index contributed by atoms with van der Waals surface area (Å²) >= 11 is 1.57. The Bertz CT molecular complexity index is 507. The molecule has 0 radical (unpaired) electrons. The Labute approximate surface area is 122 Å². The molecule has 3 N–H and O–H groups in total. The van der Waals surface area contributed by atoms with E-state index in [4.69, 9.17) is 5.73 Å². The Morgan fingerprint density at radius 1 is 1.35 bits per heavy atom. The molecule has 1 aliphatic heterocycles. The molecule has 1 atom stereocenters. The summed E-state index contributed by atoms with van der Waals surface area (Å²) in [5.41, 5.74) is 7.46. The summed E-state index contributed by atoms with van der Waals surface area (Å²) < 4.78 is 0. The molecule has 0 aliphatic carbocycles. The molecule has 1 aromatic carbocycles. The van der Waals surface area contributed by atoms with Crippen LogP contribution in [0, 0.1) is 0 Å². The molecule has 0 spiro atoms. The van der Waals surface area contributed by atoms with E-state index in [-0.39, 0.29) is 12.3 Å². The van der Waals surface area contributed by atoms with Crippen LogP contribution in [-0.2, 0) is 22.6 Å². The second kappa shape index (κ2) is 6.76. The minimum atomic E-state index is -0.933. The zero-order valence-electron chi connectivity index (χ0n) is 11.1. The van der Waals surface area contributed by atoms with Crippen LogP contribution in [0.25, 0.3) is 0 Å². The number of carboxylic acids is 1. The highest BCUT2D eigenvalue weighted by Gasteiger charge is 2.32. The van der Waals surface area contributed by atoms with Gasteiger partial charge in [0.05, 0.1) is 6.42 Å². The highest BCUT2D eigenvalue weighted by molar-refractivity contribution is 7.99. The molecular formula is C14H18N2O3S. The number of amides is 1. The molecule has 1 aliphatic rings. The molecule has 6 heteroatoms. The van der Waals surface area contributed by atoms with Gasteiger partial charge in [-0.05, 0) is 11.1 Å². The van der Waals surface area contributed by atoms with E-state index in [0.717, 1.165) is 16.9 Å². The third-order valence-electron chi connectivity index (χ3n) is 3.41. The number of carbonyl (C=O) groups excluding carboxylic acids is 1. The quantitative estimate of drug-likeness (QED) is 0.855. The lowest BCUT2D eigenvalue weighted by Gasteiger charge is -2.32. The van der Waals surface area contributed by atoms with Crippen LogP contribution in [0.1, 0.15) is 11.1 Å². The smallest absolute Gasteiger partial charge is 0.327 e. The van der Waals surface area contributed by atoms with Crippen molar-refractivity contribution in [2.24, 2.45) is 5.73 Å². The first-order valence-corrected chi connectivity index (χ1v) is 7.66. The second-order valence-corrected chi connectivity index (χ2v) is 5.82. The van der Waals surface area contributed by atoms with Crippen molar-refractivity contribution < 1.29 is 14.7 Å². The average Bonchev–Trinajstić information content (AvgIpc) is 2.47. The molecular weight excluding hydrogens is 276 g/mol. The molecule has 20 heavy (non-hydrogen) atoms. The topological polar surface area (TPSA) is 83.6 Å². The van der Waals surface area contributed by atoms with Gasteiger partial charge < -0.3 is 15.7 Å². The van der Waals surface area contributed by atoms with Crippen molar-refractivity contribution >= 4 is 23.6 Å². The van der Waals surface area contributed by atoms with Crippen LogP contribution < -0.4 is 5.73 Å². The lowest BCUT2D eigenvalue weighted by molar-refractivity contribution is -0.148. The van der Waals surface area contributed by atoms with E-state index >= 15 is 0 Å². The van der Waals surface area contributed by atoms with E-state index in [2.05, 4.69) is 0 Å². The molecule has 1 saturated heterocycles. The molecule has 108 valence electrons. The lowest BCUT2D eigenvalue weighted by atomic mass is 10.0.